The molecule has 78 valence electrons. The lowest BCUT2D eigenvalue weighted by molar-refractivity contribution is -0.161. The summed E-state index contributed by atoms with van der Waals surface area (Å²) >= 11 is 1.36. The Morgan fingerprint density at radius 1 is 1.57 bits per heavy atom. The molecule has 0 bridgehead atoms. The predicted octanol–water partition coefficient (Wildman–Crippen LogP) is 1.71. The lowest BCUT2D eigenvalue weighted by atomic mass is 10.0. The van der Waals surface area contributed by atoms with Gasteiger partial charge in [0.25, 0.3) is 0 Å². The van der Waals surface area contributed by atoms with E-state index in [0.29, 0.717) is 4.88 Å². The van der Waals surface area contributed by atoms with Crippen LogP contribution in [0.1, 0.15) is 22.5 Å². The maximum atomic E-state index is 11.1. The van der Waals surface area contributed by atoms with E-state index in [0.717, 1.165) is 10.7 Å². The van der Waals surface area contributed by atoms with Gasteiger partial charge in [-0.05, 0) is 20.8 Å². The van der Waals surface area contributed by atoms with Gasteiger partial charge in [0, 0.05) is 7.11 Å². The summed E-state index contributed by atoms with van der Waals surface area (Å²) in [7, 11) is 1.39. The van der Waals surface area contributed by atoms with E-state index in [2.05, 4.69) is 4.98 Å². The van der Waals surface area contributed by atoms with Crippen molar-refractivity contribution in [2.45, 2.75) is 26.4 Å². The Bertz CT molecular complexity index is 361. The number of thiazole rings is 1. The largest absolute Gasteiger partial charge is 0.479 e. The molecule has 0 saturated heterocycles. The second-order valence-electron chi connectivity index (χ2n) is 3.19. The number of carboxylic acids is 1. The average Bonchev–Trinajstić information content (AvgIpc) is 2.44. The first-order valence-corrected chi connectivity index (χ1v) is 4.96. The molecule has 1 aromatic heterocycles. The Morgan fingerprint density at radius 3 is 2.43 bits per heavy atom. The van der Waals surface area contributed by atoms with Gasteiger partial charge in [0.2, 0.25) is 0 Å². The van der Waals surface area contributed by atoms with Crippen molar-refractivity contribution in [2.24, 2.45) is 0 Å². The van der Waals surface area contributed by atoms with E-state index >= 15 is 0 Å². The van der Waals surface area contributed by atoms with E-state index in [1.54, 1.807) is 6.92 Å². The van der Waals surface area contributed by atoms with E-state index in [1.807, 2.05) is 6.92 Å². The number of aryl methyl sites for hydroxylation is 2. The molecule has 0 aliphatic rings. The van der Waals surface area contributed by atoms with Crippen LogP contribution in [0, 0.1) is 13.8 Å². The van der Waals surface area contributed by atoms with Crippen molar-refractivity contribution in [1.29, 1.82) is 0 Å². The summed E-state index contributed by atoms with van der Waals surface area (Å²) in [6.07, 6.45) is 0. The number of carboxylic acid groups (broad SMARTS) is 1. The molecule has 0 amide bonds. The van der Waals surface area contributed by atoms with Crippen LogP contribution in [0.15, 0.2) is 0 Å². The highest BCUT2D eigenvalue weighted by Gasteiger charge is 2.38. The van der Waals surface area contributed by atoms with E-state index in [-0.39, 0.29) is 0 Å². The Balaban J connectivity index is 3.25. The third-order valence-corrected chi connectivity index (χ3v) is 3.43. The molecule has 0 aromatic carbocycles. The van der Waals surface area contributed by atoms with Crippen LogP contribution in [-0.4, -0.2) is 23.2 Å². The quantitative estimate of drug-likeness (QED) is 0.833. The zero-order chi connectivity index (χ0) is 10.9. The summed E-state index contributed by atoms with van der Waals surface area (Å²) in [6, 6.07) is 0. The van der Waals surface area contributed by atoms with E-state index in [4.69, 9.17) is 9.84 Å². The zero-order valence-electron chi connectivity index (χ0n) is 8.62. The molecule has 0 fully saturated rings. The SMILES string of the molecule is COC(C)(C(=O)O)c1sc(C)nc1C. The standard InChI is InChI=1S/C9H13NO3S/c1-5-7(14-6(2)10-5)9(3,13-4)8(11)12/h1-4H3,(H,11,12). The molecule has 1 atom stereocenters. The molecule has 0 radical (unpaired) electrons. The molecule has 0 spiro atoms. The number of nitrogens with zero attached hydrogens (tertiary/aromatic N) is 1. The number of methoxy groups -OCH3 is 1. The fourth-order valence-corrected chi connectivity index (χ4v) is 2.29. The Labute approximate surface area is 86.6 Å². The normalized spacial score (nSPS) is 15.1. The minimum absolute atomic E-state index is 0.657. The monoisotopic (exact) mass is 215 g/mol. The first-order chi connectivity index (χ1) is 6.41. The van der Waals surface area contributed by atoms with E-state index < -0.39 is 11.6 Å². The maximum Gasteiger partial charge on any atom is 0.341 e. The molecule has 0 aliphatic carbocycles. The second-order valence-corrected chi connectivity index (χ2v) is 4.39. The summed E-state index contributed by atoms with van der Waals surface area (Å²) in [5, 5.41) is 9.92. The minimum atomic E-state index is -1.28. The summed E-state index contributed by atoms with van der Waals surface area (Å²) in [5.41, 5.74) is -0.560. The third-order valence-electron chi connectivity index (χ3n) is 2.15. The number of hydrogen-bond acceptors (Lipinski definition) is 4. The molecular weight excluding hydrogens is 202 g/mol. The highest BCUT2D eigenvalue weighted by Crippen LogP contribution is 2.32. The Kier molecular flexibility index (Phi) is 2.92. The van der Waals surface area contributed by atoms with Crippen LogP contribution in [-0.2, 0) is 15.1 Å². The fraction of sp³-hybridized carbons (Fsp3) is 0.556. The van der Waals surface area contributed by atoms with Crippen molar-refractivity contribution in [3.05, 3.63) is 15.6 Å². The predicted molar refractivity (Wildman–Crippen MR) is 53.6 cm³/mol. The number of carbonyl (C=O) groups is 1. The molecule has 0 aliphatic heterocycles. The molecule has 14 heavy (non-hydrogen) atoms. The lowest BCUT2D eigenvalue weighted by Crippen LogP contribution is -2.34. The van der Waals surface area contributed by atoms with Crippen LogP contribution in [0.5, 0.6) is 0 Å². The van der Waals surface area contributed by atoms with Gasteiger partial charge in [-0.25, -0.2) is 9.78 Å². The molecular formula is C9H13NO3S. The van der Waals surface area contributed by atoms with Crippen LogP contribution in [0.4, 0.5) is 0 Å². The van der Waals surface area contributed by atoms with Crippen LogP contribution >= 0.6 is 11.3 Å². The van der Waals surface area contributed by atoms with Gasteiger partial charge in [0.15, 0.2) is 5.60 Å². The van der Waals surface area contributed by atoms with Crippen molar-refractivity contribution in [3.63, 3.8) is 0 Å². The van der Waals surface area contributed by atoms with Gasteiger partial charge in [-0.3, -0.25) is 0 Å². The van der Waals surface area contributed by atoms with Crippen molar-refractivity contribution < 1.29 is 14.6 Å². The van der Waals surface area contributed by atoms with E-state index in [9.17, 15) is 4.79 Å². The molecule has 1 N–H and O–H groups in total. The highest BCUT2D eigenvalue weighted by molar-refractivity contribution is 7.12. The zero-order valence-corrected chi connectivity index (χ0v) is 9.44. The second kappa shape index (κ2) is 3.67. The highest BCUT2D eigenvalue weighted by atomic mass is 32.1. The summed E-state index contributed by atoms with van der Waals surface area (Å²) in [6.45, 7) is 5.17. The summed E-state index contributed by atoms with van der Waals surface area (Å²) in [5.74, 6) is -0.994. The topological polar surface area (TPSA) is 59.4 Å². The number of hydrogen-bond donors (Lipinski definition) is 1. The van der Waals surface area contributed by atoms with Gasteiger partial charge in [-0.1, -0.05) is 0 Å². The van der Waals surface area contributed by atoms with Gasteiger partial charge in [-0.2, -0.15) is 0 Å². The molecule has 1 rings (SSSR count). The van der Waals surface area contributed by atoms with Gasteiger partial charge >= 0.3 is 5.97 Å². The first kappa shape index (κ1) is 11.1. The Morgan fingerprint density at radius 2 is 2.14 bits per heavy atom. The van der Waals surface area contributed by atoms with Crippen molar-refractivity contribution >= 4 is 17.3 Å². The summed E-state index contributed by atoms with van der Waals surface area (Å²) in [4.78, 5) is 15.9. The molecule has 5 heteroatoms. The lowest BCUT2D eigenvalue weighted by Gasteiger charge is -2.21. The number of aromatic nitrogens is 1. The molecule has 4 nitrogen and oxygen atoms in total. The average molecular weight is 215 g/mol. The first-order valence-electron chi connectivity index (χ1n) is 4.15. The van der Waals surface area contributed by atoms with Crippen LogP contribution in [0.3, 0.4) is 0 Å². The van der Waals surface area contributed by atoms with E-state index in [1.165, 1.54) is 25.4 Å². The number of rotatable bonds is 3. The van der Waals surface area contributed by atoms with Gasteiger partial charge in [-0.15, -0.1) is 11.3 Å². The third kappa shape index (κ3) is 1.65. The molecule has 0 saturated carbocycles. The van der Waals surface area contributed by atoms with Crippen LogP contribution in [0.2, 0.25) is 0 Å². The van der Waals surface area contributed by atoms with Crippen LogP contribution < -0.4 is 0 Å². The van der Waals surface area contributed by atoms with Crippen molar-refractivity contribution in [3.8, 4) is 0 Å². The molecule has 1 aromatic rings. The maximum absolute atomic E-state index is 11.1. The molecule has 1 heterocycles. The molecule has 1 unspecified atom stereocenters. The fourth-order valence-electron chi connectivity index (χ4n) is 1.25. The number of ether oxygens (including phenoxy) is 1. The van der Waals surface area contributed by atoms with Crippen molar-refractivity contribution in [2.75, 3.05) is 7.11 Å². The number of aliphatic carboxylic acids is 1. The van der Waals surface area contributed by atoms with Gasteiger partial charge in [0.05, 0.1) is 15.6 Å². The summed E-state index contributed by atoms with van der Waals surface area (Å²) < 4.78 is 5.05. The van der Waals surface area contributed by atoms with Crippen LogP contribution in [0.25, 0.3) is 0 Å². The van der Waals surface area contributed by atoms with Gasteiger partial charge < -0.3 is 9.84 Å². The minimum Gasteiger partial charge on any atom is -0.479 e. The smallest absolute Gasteiger partial charge is 0.341 e. The Hall–Kier alpha value is -0.940. The van der Waals surface area contributed by atoms with Gasteiger partial charge in [0.1, 0.15) is 0 Å². The van der Waals surface area contributed by atoms with Crippen molar-refractivity contribution in [1.82, 2.24) is 4.98 Å².